The molecule has 2 N–H and O–H groups in total. The largest absolute Gasteiger partial charge is 0.385 e. The molecule has 1 aromatic rings. The van der Waals surface area contributed by atoms with E-state index in [1.165, 1.54) is 0 Å². The third-order valence-electron chi connectivity index (χ3n) is 2.79. The average Bonchev–Trinajstić information content (AvgIpc) is 2.79. The second kappa shape index (κ2) is 5.67. The Morgan fingerprint density at radius 3 is 2.94 bits per heavy atom. The predicted molar refractivity (Wildman–Crippen MR) is 64.9 cm³/mol. The Balaban J connectivity index is 1.95. The molecule has 3 nitrogen and oxygen atoms in total. The third kappa shape index (κ3) is 2.81. The standard InChI is InChI=1S/C12H13F2NO2S/c13-11(14)9(16)5-15-12(17)8-6-18-10-4-2-1-3-7(8)10/h1-4,8-9,11,16H,5-6H2,(H,15,17). The zero-order chi connectivity index (χ0) is 13.1. The van der Waals surface area contributed by atoms with Gasteiger partial charge in [0.25, 0.3) is 6.43 Å². The number of alkyl halides is 2. The maximum atomic E-state index is 12.1. The molecule has 0 radical (unpaired) electrons. The zero-order valence-electron chi connectivity index (χ0n) is 9.48. The molecule has 0 bridgehead atoms. The van der Waals surface area contributed by atoms with E-state index in [0.29, 0.717) is 5.75 Å². The van der Waals surface area contributed by atoms with E-state index in [0.717, 1.165) is 10.5 Å². The summed E-state index contributed by atoms with van der Waals surface area (Å²) in [7, 11) is 0. The van der Waals surface area contributed by atoms with Gasteiger partial charge in [0.1, 0.15) is 6.10 Å². The minimum atomic E-state index is -2.84. The van der Waals surface area contributed by atoms with Gasteiger partial charge in [-0.05, 0) is 11.6 Å². The number of thioether (sulfide) groups is 1. The molecule has 0 aliphatic carbocycles. The number of aliphatic hydroxyl groups is 1. The monoisotopic (exact) mass is 273 g/mol. The number of hydrogen-bond donors (Lipinski definition) is 2. The predicted octanol–water partition coefficient (Wildman–Crippen LogP) is 1.62. The number of rotatable bonds is 4. The van der Waals surface area contributed by atoms with Gasteiger partial charge >= 0.3 is 0 Å². The molecule has 0 aromatic heterocycles. The molecule has 1 aliphatic rings. The van der Waals surface area contributed by atoms with Crippen LogP contribution in [0.2, 0.25) is 0 Å². The van der Waals surface area contributed by atoms with Crippen molar-refractivity contribution in [1.82, 2.24) is 5.32 Å². The smallest absolute Gasteiger partial charge is 0.265 e. The van der Waals surface area contributed by atoms with Gasteiger partial charge in [0.2, 0.25) is 5.91 Å². The second-order valence-corrected chi connectivity index (χ2v) is 5.11. The van der Waals surface area contributed by atoms with Crippen molar-refractivity contribution in [2.45, 2.75) is 23.3 Å². The molecule has 2 unspecified atom stereocenters. The van der Waals surface area contributed by atoms with E-state index in [9.17, 15) is 13.6 Å². The van der Waals surface area contributed by atoms with Crippen LogP contribution < -0.4 is 5.32 Å². The van der Waals surface area contributed by atoms with Crippen LogP contribution in [0.5, 0.6) is 0 Å². The van der Waals surface area contributed by atoms with Crippen molar-refractivity contribution in [1.29, 1.82) is 0 Å². The van der Waals surface area contributed by atoms with Crippen LogP contribution in [0.3, 0.4) is 0 Å². The number of hydrogen-bond acceptors (Lipinski definition) is 3. The number of carbonyl (C=O) groups excluding carboxylic acids is 1. The zero-order valence-corrected chi connectivity index (χ0v) is 10.3. The number of halogens is 2. The van der Waals surface area contributed by atoms with Gasteiger partial charge in [-0.1, -0.05) is 18.2 Å². The summed E-state index contributed by atoms with van der Waals surface area (Å²) in [6.45, 7) is -0.417. The van der Waals surface area contributed by atoms with Crippen molar-refractivity contribution in [2.75, 3.05) is 12.3 Å². The first-order valence-electron chi connectivity index (χ1n) is 5.55. The van der Waals surface area contributed by atoms with E-state index in [4.69, 9.17) is 5.11 Å². The van der Waals surface area contributed by atoms with Gasteiger partial charge in [-0.2, -0.15) is 0 Å². The molecular weight excluding hydrogens is 260 g/mol. The fourth-order valence-electron chi connectivity index (χ4n) is 1.80. The Morgan fingerprint density at radius 1 is 1.50 bits per heavy atom. The van der Waals surface area contributed by atoms with Crippen LogP contribution in [0.1, 0.15) is 11.5 Å². The summed E-state index contributed by atoms with van der Waals surface area (Å²) in [5.74, 6) is -0.0288. The van der Waals surface area contributed by atoms with E-state index < -0.39 is 19.1 Å². The third-order valence-corrected chi connectivity index (χ3v) is 3.98. The molecule has 1 amide bonds. The number of benzene rings is 1. The molecule has 0 fully saturated rings. The van der Waals surface area contributed by atoms with Crippen molar-refractivity contribution >= 4 is 17.7 Å². The number of carbonyl (C=O) groups is 1. The lowest BCUT2D eigenvalue weighted by Gasteiger charge is -2.14. The van der Waals surface area contributed by atoms with Crippen LogP contribution in [0.4, 0.5) is 8.78 Å². The maximum absolute atomic E-state index is 12.1. The molecule has 0 spiro atoms. The second-order valence-electron chi connectivity index (χ2n) is 4.05. The fourth-order valence-corrected chi connectivity index (χ4v) is 3.03. The van der Waals surface area contributed by atoms with Gasteiger partial charge in [0.05, 0.1) is 5.92 Å². The molecule has 2 atom stereocenters. The van der Waals surface area contributed by atoms with Crippen LogP contribution in [0, 0.1) is 0 Å². The highest BCUT2D eigenvalue weighted by Gasteiger charge is 2.29. The van der Waals surface area contributed by atoms with E-state index in [1.807, 2.05) is 24.3 Å². The maximum Gasteiger partial charge on any atom is 0.265 e. The molecule has 18 heavy (non-hydrogen) atoms. The normalized spacial score (nSPS) is 19.7. The Hall–Kier alpha value is -1.14. The SMILES string of the molecule is O=C(NCC(O)C(F)F)C1CSc2ccccc21. The summed E-state index contributed by atoms with van der Waals surface area (Å²) in [4.78, 5) is 12.9. The van der Waals surface area contributed by atoms with Crippen molar-refractivity contribution in [3.63, 3.8) is 0 Å². The van der Waals surface area contributed by atoms with Gasteiger partial charge in [-0.3, -0.25) is 4.79 Å². The van der Waals surface area contributed by atoms with E-state index in [1.54, 1.807) is 11.8 Å². The molecule has 1 aliphatic heterocycles. The summed E-state index contributed by atoms with van der Waals surface area (Å²) in [6.07, 6.45) is -4.64. The number of aliphatic hydroxyl groups excluding tert-OH is 1. The lowest BCUT2D eigenvalue weighted by Crippen LogP contribution is -2.38. The van der Waals surface area contributed by atoms with Gasteiger partial charge in [0, 0.05) is 17.2 Å². The van der Waals surface area contributed by atoms with Crippen molar-refractivity contribution in [2.24, 2.45) is 0 Å². The number of amides is 1. The van der Waals surface area contributed by atoms with E-state index in [-0.39, 0.29) is 11.8 Å². The first-order chi connectivity index (χ1) is 8.59. The minimum absolute atomic E-state index is 0.313. The van der Waals surface area contributed by atoms with Crippen LogP contribution >= 0.6 is 11.8 Å². The lowest BCUT2D eigenvalue weighted by atomic mass is 10.0. The highest BCUT2D eigenvalue weighted by Crippen LogP contribution is 2.39. The average molecular weight is 273 g/mol. The summed E-state index contributed by atoms with van der Waals surface area (Å²) < 4.78 is 24.2. The summed E-state index contributed by atoms with van der Waals surface area (Å²) in [5.41, 5.74) is 0.923. The Kier molecular flexibility index (Phi) is 4.19. The first-order valence-corrected chi connectivity index (χ1v) is 6.54. The molecular formula is C12H13F2NO2S. The highest BCUT2D eigenvalue weighted by atomic mass is 32.2. The van der Waals surface area contributed by atoms with Crippen LogP contribution in [-0.2, 0) is 4.79 Å². The van der Waals surface area contributed by atoms with Gasteiger partial charge in [-0.25, -0.2) is 8.78 Å². The van der Waals surface area contributed by atoms with Crippen molar-refractivity contribution in [3.8, 4) is 0 Å². The highest BCUT2D eigenvalue weighted by molar-refractivity contribution is 7.99. The van der Waals surface area contributed by atoms with E-state index in [2.05, 4.69) is 5.32 Å². The van der Waals surface area contributed by atoms with Crippen LogP contribution in [-0.4, -0.2) is 35.8 Å². The first kappa shape index (κ1) is 13.3. The fraction of sp³-hybridized carbons (Fsp3) is 0.417. The van der Waals surface area contributed by atoms with Crippen LogP contribution in [0.15, 0.2) is 29.2 Å². The van der Waals surface area contributed by atoms with Crippen LogP contribution in [0.25, 0.3) is 0 Å². The molecule has 1 aromatic carbocycles. The minimum Gasteiger partial charge on any atom is -0.385 e. The topological polar surface area (TPSA) is 49.3 Å². The number of fused-ring (bicyclic) bond motifs is 1. The van der Waals surface area contributed by atoms with Gasteiger partial charge in [-0.15, -0.1) is 11.8 Å². The summed E-state index contributed by atoms with van der Waals surface area (Å²) in [5, 5.41) is 11.3. The molecule has 98 valence electrons. The van der Waals surface area contributed by atoms with Crippen molar-refractivity contribution in [3.05, 3.63) is 29.8 Å². The Labute approximate surface area is 108 Å². The quantitative estimate of drug-likeness (QED) is 0.876. The van der Waals surface area contributed by atoms with E-state index >= 15 is 0 Å². The molecule has 1 heterocycles. The summed E-state index contributed by atoms with van der Waals surface area (Å²) in [6, 6.07) is 7.54. The van der Waals surface area contributed by atoms with Gasteiger partial charge < -0.3 is 10.4 Å². The molecule has 0 saturated heterocycles. The Bertz CT molecular complexity index is 442. The number of nitrogens with one attached hydrogen (secondary N) is 1. The molecule has 6 heteroatoms. The molecule has 2 rings (SSSR count). The van der Waals surface area contributed by atoms with Crippen molar-refractivity contribution < 1.29 is 18.7 Å². The Morgan fingerprint density at radius 2 is 2.22 bits per heavy atom. The van der Waals surface area contributed by atoms with Gasteiger partial charge in [0.15, 0.2) is 0 Å². The molecule has 0 saturated carbocycles. The summed E-state index contributed by atoms with van der Waals surface area (Å²) >= 11 is 1.57. The lowest BCUT2D eigenvalue weighted by molar-refractivity contribution is -0.123.